The molecular weight excluding hydrogens is 168 g/mol. The minimum atomic E-state index is 0.517. The van der Waals surface area contributed by atoms with Crippen LogP contribution in [0.5, 0.6) is 0 Å². The quantitative estimate of drug-likeness (QED) is 0.249. The maximum atomic E-state index is 9.67. The third-order valence-electron chi connectivity index (χ3n) is 1.65. The molecule has 0 amide bonds. The van der Waals surface area contributed by atoms with Gasteiger partial charge < -0.3 is 4.74 Å². The van der Waals surface area contributed by atoms with Crippen LogP contribution in [0.1, 0.15) is 32.1 Å². The molecule has 0 atom stereocenters. The molecule has 0 aromatic carbocycles. The van der Waals surface area contributed by atoms with Crippen LogP contribution in [0.15, 0.2) is 4.99 Å². The summed E-state index contributed by atoms with van der Waals surface area (Å²) in [5.41, 5.74) is 0. The normalized spacial score (nSPS) is 8.54. The molecule has 0 saturated carbocycles. The lowest BCUT2D eigenvalue weighted by atomic mass is 10.1. The number of hydrogen-bond donors (Lipinski definition) is 0. The number of unbranched alkanes of at least 4 members (excludes halogenated alkanes) is 4. The van der Waals surface area contributed by atoms with Crippen LogP contribution in [0.4, 0.5) is 0 Å². The van der Waals surface area contributed by atoms with Gasteiger partial charge in [0.2, 0.25) is 6.08 Å². The SMILES string of the molecule is N#COCCCCCCCN=C=O. The van der Waals surface area contributed by atoms with Crippen LogP contribution in [-0.2, 0) is 9.53 Å². The van der Waals surface area contributed by atoms with Gasteiger partial charge in [-0.3, -0.25) is 0 Å². The number of carbonyl (C=O) groups excluding carboxylic acids is 1. The van der Waals surface area contributed by atoms with E-state index in [4.69, 9.17) is 5.26 Å². The van der Waals surface area contributed by atoms with Crippen molar-refractivity contribution < 1.29 is 9.53 Å². The lowest BCUT2D eigenvalue weighted by molar-refractivity contribution is 0.260. The summed E-state index contributed by atoms with van der Waals surface area (Å²) in [5, 5.41) is 8.04. The highest BCUT2D eigenvalue weighted by Crippen LogP contribution is 2.02. The van der Waals surface area contributed by atoms with Crippen LogP contribution < -0.4 is 0 Å². The zero-order valence-electron chi connectivity index (χ0n) is 7.66. The summed E-state index contributed by atoms with van der Waals surface area (Å²) in [6.07, 6.45) is 8.22. The van der Waals surface area contributed by atoms with E-state index in [0.717, 1.165) is 32.1 Å². The van der Waals surface area contributed by atoms with Crippen molar-refractivity contribution >= 4 is 6.08 Å². The fourth-order valence-corrected chi connectivity index (χ4v) is 0.987. The van der Waals surface area contributed by atoms with Gasteiger partial charge in [0.1, 0.15) is 6.61 Å². The van der Waals surface area contributed by atoms with E-state index in [9.17, 15) is 4.79 Å². The number of isocyanates is 1. The van der Waals surface area contributed by atoms with E-state index in [0.29, 0.717) is 13.2 Å². The fourth-order valence-electron chi connectivity index (χ4n) is 0.987. The first-order valence-electron chi connectivity index (χ1n) is 4.46. The van der Waals surface area contributed by atoms with Crippen LogP contribution in [0.3, 0.4) is 0 Å². The number of nitriles is 1. The van der Waals surface area contributed by atoms with E-state index in [-0.39, 0.29) is 0 Å². The van der Waals surface area contributed by atoms with Crippen molar-refractivity contribution in [2.24, 2.45) is 4.99 Å². The maximum Gasteiger partial charge on any atom is 0.286 e. The minimum Gasteiger partial charge on any atom is -0.428 e. The predicted molar refractivity (Wildman–Crippen MR) is 47.6 cm³/mol. The van der Waals surface area contributed by atoms with Gasteiger partial charge in [0.05, 0.1) is 6.54 Å². The second-order valence-electron chi connectivity index (χ2n) is 2.68. The summed E-state index contributed by atoms with van der Waals surface area (Å²) in [7, 11) is 0. The molecule has 0 aromatic heterocycles. The molecule has 4 nitrogen and oxygen atoms in total. The van der Waals surface area contributed by atoms with E-state index in [1.165, 1.54) is 6.08 Å². The first-order valence-corrected chi connectivity index (χ1v) is 4.46. The summed E-state index contributed by atoms with van der Waals surface area (Å²) >= 11 is 0. The van der Waals surface area contributed by atoms with Gasteiger partial charge in [-0.2, -0.15) is 5.26 Å². The number of aliphatic imine (C=N–C) groups is 1. The molecule has 0 unspecified atom stereocenters. The smallest absolute Gasteiger partial charge is 0.286 e. The van der Waals surface area contributed by atoms with Crippen LogP contribution in [0.2, 0.25) is 0 Å². The summed E-state index contributed by atoms with van der Waals surface area (Å²) in [6.45, 7) is 1.10. The van der Waals surface area contributed by atoms with Crippen LogP contribution in [-0.4, -0.2) is 19.2 Å². The Hall–Kier alpha value is -1.33. The Morgan fingerprint density at radius 1 is 1.15 bits per heavy atom. The number of ether oxygens (including phenoxy) is 1. The molecule has 0 aliphatic rings. The first-order chi connectivity index (χ1) is 6.41. The molecule has 0 rings (SSSR count). The molecular formula is C9H14N2O2. The van der Waals surface area contributed by atoms with Crippen LogP contribution in [0, 0.1) is 11.5 Å². The zero-order valence-corrected chi connectivity index (χ0v) is 7.66. The molecule has 0 saturated heterocycles. The monoisotopic (exact) mass is 182 g/mol. The standard InChI is InChI=1S/C9H14N2O2/c10-8-13-7-5-3-1-2-4-6-11-9-12/h1-7H2. The highest BCUT2D eigenvalue weighted by Gasteiger charge is 1.90. The molecule has 0 radical (unpaired) electrons. The molecule has 0 fully saturated rings. The summed E-state index contributed by atoms with van der Waals surface area (Å²) in [5.74, 6) is 0. The van der Waals surface area contributed by atoms with E-state index in [1.807, 2.05) is 0 Å². The summed E-state index contributed by atoms with van der Waals surface area (Å²) < 4.78 is 4.51. The second-order valence-corrected chi connectivity index (χ2v) is 2.68. The number of rotatable bonds is 8. The highest BCUT2D eigenvalue weighted by atomic mass is 16.5. The molecule has 0 aliphatic carbocycles. The highest BCUT2D eigenvalue weighted by molar-refractivity contribution is 5.32. The molecule has 0 spiro atoms. The number of nitrogens with zero attached hydrogens (tertiary/aromatic N) is 2. The largest absolute Gasteiger partial charge is 0.428 e. The van der Waals surface area contributed by atoms with Crippen molar-refractivity contribution in [2.75, 3.05) is 13.2 Å². The van der Waals surface area contributed by atoms with Crippen LogP contribution in [0.25, 0.3) is 0 Å². The topological polar surface area (TPSA) is 62.4 Å². The Labute approximate surface area is 78.2 Å². The molecule has 13 heavy (non-hydrogen) atoms. The average molecular weight is 182 g/mol. The van der Waals surface area contributed by atoms with Gasteiger partial charge in [0.25, 0.3) is 6.26 Å². The van der Waals surface area contributed by atoms with Gasteiger partial charge in [-0.1, -0.05) is 19.3 Å². The molecule has 4 heteroatoms. The average Bonchev–Trinajstić information content (AvgIpc) is 2.16. The van der Waals surface area contributed by atoms with E-state index < -0.39 is 0 Å². The van der Waals surface area contributed by atoms with E-state index >= 15 is 0 Å². The maximum absolute atomic E-state index is 9.67. The zero-order chi connectivity index (χ0) is 9.78. The van der Waals surface area contributed by atoms with Crippen molar-refractivity contribution in [3.63, 3.8) is 0 Å². The van der Waals surface area contributed by atoms with Gasteiger partial charge in [-0.05, 0) is 12.8 Å². The van der Waals surface area contributed by atoms with Gasteiger partial charge in [-0.25, -0.2) is 9.79 Å². The van der Waals surface area contributed by atoms with Gasteiger partial charge in [0.15, 0.2) is 0 Å². The Morgan fingerprint density at radius 3 is 2.54 bits per heavy atom. The minimum absolute atomic E-state index is 0.517. The number of hydrogen-bond acceptors (Lipinski definition) is 4. The molecule has 72 valence electrons. The molecule has 0 aromatic rings. The fraction of sp³-hybridized carbons (Fsp3) is 0.778. The van der Waals surface area contributed by atoms with Crippen molar-refractivity contribution in [1.29, 1.82) is 5.26 Å². The van der Waals surface area contributed by atoms with Gasteiger partial charge >= 0.3 is 0 Å². The lowest BCUT2D eigenvalue weighted by Gasteiger charge is -1.97. The Bertz CT molecular complexity index is 192. The van der Waals surface area contributed by atoms with Crippen molar-refractivity contribution in [2.45, 2.75) is 32.1 Å². The molecule has 0 N–H and O–H groups in total. The van der Waals surface area contributed by atoms with Crippen molar-refractivity contribution in [3.8, 4) is 6.26 Å². The molecule has 0 heterocycles. The Morgan fingerprint density at radius 2 is 1.85 bits per heavy atom. The molecule has 0 bridgehead atoms. The Kier molecular flexibility index (Phi) is 9.58. The third kappa shape index (κ3) is 10.7. The van der Waals surface area contributed by atoms with Crippen LogP contribution >= 0.6 is 0 Å². The van der Waals surface area contributed by atoms with Crippen molar-refractivity contribution in [3.05, 3.63) is 0 Å². The van der Waals surface area contributed by atoms with E-state index in [1.54, 1.807) is 6.26 Å². The first kappa shape index (κ1) is 11.7. The summed E-state index contributed by atoms with van der Waals surface area (Å²) in [4.78, 5) is 13.1. The second kappa shape index (κ2) is 10.7. The van der Waals surface area contributed by atoms with Gasteiger partial charge in [-0.15, -0.1) is 0 Å². The summed E-state index contributed by atoms with van der Waals surface area (Å²) in [6, 6.07) is 0. The van der Waals surface area contributed by atoms with Gasteiger partial charge in [0, 0.05) is 0 Å². The third-order valence-corrected chi connectivity index (χ3v) is 1.65. The van der Waals surface area contributed by atoms with Crippen molar-refractivity contribution in [1.82, 2.24) is 0 Å². The predicted octanol–water partition coefficient (Wildman–Crippen LogP) is 1.77. The molecule has 0 aliphatic heterocycles. The van der Waals surface area contributed by atoms with E-state index in [2.05, 4.69) is 9.73 Å². The Balaban J connectivity index is 2.92. The lowest BCUT2D eigenvalue weighted by Crippen LogP contribution is -1.88.